The average Bonchev–Trinajstić information content (AvgIpc) is 2.78. The molecule has 0 atom stereocenters. The van der Waals surface area contributed by atoms with E-state index < -0.39 is 0 Å². The molecule has 0 fully saturated rings. The van der Waals surface area contributed by atoms with Crippen LogP contribution in [0.3, 0.4) is 0 Å². The summed E-state index contributed by atoms with van der Waals surface area (Å²) in [7, 11) is 0. The van der Waals surface area contributed by atoms with E-state index in [1.807, 2.05) is 22.4 Å². The highest BCUT2D eigenvalue weighted by Gasteiger charge is 2.10. The normalized spacial score (nSPS) is 10.1. The Balaban J connectivity index is 2.36. The van der Waals surface area contributed by atoms with Gasteiger partial charge in [-0.3, -0.25) is 0 Å². The third-order valence-electron chi connectivity index (χ3n) is 2.27. The number of urea groups is 1. The molecule has 1 heterocycles. The van der Waals surface area contributed by atoms with Crippen LogP contribution < -0.4 is 5.32 Å². The SMILES string of the molecule is CCCN(CCC)C(=O)NCc1cccs1. The monoisotopic (exact) mass is 240 g/mol. The predicted molar refractivity (Wildman–Crippen MR) is 68.7 cm³/mol. The Labute approximate surface area is 101 Å². The molecule has 1 aromatic heterocycles. The number of amides is 2. The first-order valence-corrected chi connectivity index (χ1v) is 6.71. The Morgan fingerprint density at radius 3 is 2.56 bits per heavy atom. The molecule has 3 nitrogen and oxygen atoms in total. The number of thiophene rings is 1. The highest BCUT2D eigenvalue weighted by molar-refractivity contribution is 7.09. The third kappa shape index (κ3) is 4.23. The molecule has 0 unspecified atom stereocenters. The fourth-order valence-corrected chi connectivity index (χ4v) is 2.19. The van der Waals surface area contributed by atoms with Crippen molar-refractivity contribution in [1.29, 1.82) is 0 Å². The van der Waals surface area contributed by atoms with Crippen molar-refractivity contribution in [3.8, 4) is 0 Å². The minimum Gasteiger partial charge on any atom is -0.333 e. The Kier molecular flexibility index (Phi) is 5.93. The molecule has 0 spiro atoms. The van der Waals surface area contributed by atoms with E-state index in [2.05, 4.69) is 19.2 Å². The van der Waals surface area contributed by atoms with Crippen molar-refractivity contribution >= 4 is 17.4 Å². The van der Waals surface area contributed by atoms with Gasteiger partial charge in [-0.25, -0.2) is 4.79 Å². The van der Waals surface area contributed by atoms with E-state index in [1.165, 1.54) is 4.88 Å². The zero-order chi connectivity index (χ0) is 11.8. The van der Waals surface area contributed by atoms with Gasteiger partial charge in [0.15, 0.2) is 0 Å². The minimum atomic E-state index is 0.0529. The lowest BCUT2D eigenvalue weighted by Crippen LogP contribution is -2.40. The number of hydrogen-bond donors (Lipinski definition) is 1. The van der Waals surface area contributed by atoms with Crippen molar-refractivity contribution in [2.75, 3.05) is 13.1 Å². The molecular formula is C12H20N2OS. The molecule has 4 heteroatoms. The maximum atomic E-state index is 11.8. The molecule has 0 radical (unpaired) electrons. The second-order valence-corrected chi connectivity index (χ2v) is 4.76. The Hall–Kier alpha value is -1.03. The number of carbonyl (C=O) groups excluding carboxylic acids is 1. The summed E-state index contributed by atoms with van der Waals surface area (Å²) in [6.45, 7) is 6.50. The summed E-state index contributed by atoms with van der Waals surface area (Å²) in [5.41, 5.74) is 0. The van der Waals surface area contributed by atoms with Crippen LogP contribution in [-0.2, 0) is 6.54 Å². The zero-order valence-corrected chi connectivity index (χ0v) is 10.8. The third-order valence-corrected chi connectivity index (χ3v) is 3.14. The maximum absolute atomic E-state index is 11.8. The fourth-order valence-electron chi connectivity index (χ4n) is 1.54. The number of hydrogen-bond acceptors (Lipinski definition) is 2. The number of rotatable bonds is 6. The van der Waals surface area contributed by atoms with Crippen molar-refractivity contribution in [1.82, 2.24) is 10.2 Å². The summed E-state index contributed by atoms with van der Waals surface area (Å²) >= 11 is 1.67. The molecule has 2 amide bonds. The van der Waals surface area contributed by atoms with Gasteiger partial charge in [0.2, 0.25) is 0 Å². The van der Waals surface area contributed by atoms with Crippen LogP contribution in [0.5, 0.6) is 0 Å². The van der Waals surface area contributed by atoms with Crippen LogP contribution in [0.4, 0.5) is 4.79 Å². The summed E-state index contributed by atoms with van der Waals surface area (Å²) < 4.78 is 0. The van der Waals surface area contributed by atoms with Crippen LogP contribution in [-0.4, -0.2) is 24.0 Å². The summed E-state index contributed by atoms with van der Waals surface area (Å²) in [5, 5.41) is 4.98. The molecule has 90 valence electrons. The highest BCUT2D eigenvalue weighted by Crippen LogP contribution is 2.07. The van der Waals surface area contributed by atoms with Gasteiger partial charge in [-0.2, -0.15) is 0 Å². The molecule has 1 N–H and O–H groups in total. The van der Waals surface area contributed by atoms with Crippen molar-refractivity contribution in [2.45, 2.75) is 33.2 Å². The maximum Gasteiger partial charge on any atom is 0.317 e. The fraction of sp³-hybridized carbons (Fsp3) is 0.583. The van der Waals surface area contributed by atoms with Crippen LogP contribution in [0.2, 0.25) is 0 Å². The molecule has 0 saturated heterocycles. The molecular weight excluding hydrogens is 220 g/mol. The molecule has 16 heavy (non-hydrogen) atoms. The molecule has 0 saturated carbocycles. The summed E-state index contributed by atoms with van der Waals surface area (Å²) in [6, 6.07) is 4.09. The average molecular weight is 240 g/mol. The van der Waals surface area contributed by atoms with E-state index >= 15 is 0 Å². The first kappa shape index (κ1) is 13.0. The summed E-state index contributed by atoms with van der Waals surface area (Å²) in [6.07, 6.45) is 2.01. The molecule has 1 aromatic rings. The Morgan fingerprint density at radius 1 is 1.38 bits per heavy atom. The van der Waals surface area contributed by atoms with Gasteiger partial charge in [0.25, 0.3) is 0 Å². The van der Waals surface area contributed by atoms with Crippen LogP contribution >= 0.6 is 11.3 Å². The van der Waals surface area contributed by atoms with Crippen LogP contribution in [0, 0.1) is 0 Å². The van der Waals surface area contributed by atoms with E-state index in [4.69, 9.17) is 0 Å². The second kappa shape index (κ2) is 7.28. The smallest absolute Gasteiger partial charge is 0.317 e. The van der Waals surface area contributed by atoms with E-state index in [9.17, 15) is 4.79 Å². The molecule has 0 aliphatic heterocycles. The topological polar surface area (TPSA) is 32.3 Å². The molecule has 0 aliphatic rings. The van der Waals surface area contributed by atoms with E-state index in [-0.39, 0.29) is 6.03 Å². The lowest BCUT2D eigenvalue weighted by atomic mass is 10.3. The van der Waals surface area contributed by atoms with Gasteiger partial charge in [-0.05, 0) is 24.3 Å². The Morgan fingerprint density at radius 2 is 2.06 bits per heavy atom. The van der Waals surface area contributed by atoms with Gasteiger partial charge in [0.1, 0.15) is 0 Å². The lowest BCUT2D eigenvalue weighted by Gasteiger charge is -2.21. The molecule has 0 aromatic carbocycles. The van der Waals surface area contributed by atoms with Crippen molar-refractivity contribution in [3.63, 3.8) is 0 Å². The number of nitrogens with zero attached hydrogens (tertiary/aromatic N) is 1. The van der Waals surface area contributed by atoms with Crippen LogP contribution in [0.25, 0.3) is 0 Å². The second-order valence-electron chi connectivity index (χ2n) is 3.73. The van der Waals surface area contributed by atoms with Crippen molar-refractivity contribution < 1.29 is 4.79 Å². The zero-order valence-electron chi connectivity index (χ0n) is 10.0. The van der Waals surface area contributed by atoms with Gasteiger partial charge >= 0.3 is 6.03 Å². The van der Waals surface area contributed by atoms with Crippen molar-refractivity contribution in [2.24, 2.45) is 0 Å². The van der Waals surface area contributed by atoms with Gasteiger partial charge in [0.05, 0.1) is 6.54 Å². The van der Waals surface area contributed by atoms with Gasteiger partial charge in [0, 0.05) is 18.0 Å². The first-order chi connectivity index (χ1) is 7.77. The summed E-state index contributed by atoms with van der Waals surface area (Å²) in [5.74, 6) is 0. The minimum absolute atomic E-state index is 0.0529. The van der Waals surface area contributed by atoms with Gasteiger partial charge in [-0.1, -0.05) is 19.9 Å². The van der Waals surface area contributed by atoms with E-state index in [0.717, 1.165) is 25.9 Å². The van der Waals surface area contributed by atoms with Gasteiger partial charge in [-0.15, -0.1) is 11.3 Å². The van der Waals surface area contributed by atoms with Crippen LogP contribution in [0.15, 0.2) is 17.5 Å². The molecule has 0 bridgehead atoms. The number of nitrogens with one attached hydrogen (secondary N) is 1. The quantitative estimate of drug-likeness (QED) is 0.814. The van der Waals surface area contributed by atoms with Crippen molar-refractivity contribution in [3.05, 3.63) is 22.4 Å². The molecule has 1 rings (SSSR count). The standard InChI is InChI=1S/C12H20N2OS/c1-3-7-14(8-4-2)12(15)13-10-11-6-5-9-16-11/h5-6,9H,3-4,7-8,10H2,1-2H3,(H,13,15). The van der Waals surface area contributed by atoms with E-state index in [1.54, 1.807) is 11.3 Å². The molecule has 0 aliphatic carbocycles. The highest BCUT2D eigenvalue weighted by atomic mass is 32.1. The number of carbonyl (C=O) groups is 1. The Bertz CT molecular complexity index is 292. The first-order valence-electron chi connectivity index (χ1n) is 5.83. The lowest BCUT2D eigenvalue weighted by molar-refractivity contribution is 0.197. The van der Waals surface area contributed by atoms with Crippen LogP contribution in [0.1, 0.15) is 31.6 Å². The summed E-state index contributed by atoms with van der Waals surface area (Å²) in [4.78, 5) is 14.9. The van der Waals surface area contributed by atoms with Gasteiger partial charge < -0.3 is 10.2 Å². The largest absolute Gasteiger partial charge is 0.333 e. The predicted octanol–water partition coefficient (Wildman–Crippen LogP) is 3.08. The van der Waals surface area contributed by atoms with E-state index in [0.29, 0.717) is 6.54 Å².